The van der Waals surface area contributed by atoms with Crippen LogP contribution in [0.3, 0.4) is 0 Å². The monoisotopic (exact) mass is 448 g/mol. The number of nitrogens with one attached hydrogen (secondary N) is 3. The molecule has 0 aliphatic heterocycles. The molecule has 0 saturated heterocycles. The van der Waals surface area contributed by atoms with Crippen LogP contribution in [0.1, 0.15) is 18.9 Å². The number of anilines is 1. The van der Waals surface area contributed by atoms with Crippen molar-refractivity contribution in [2.45, 2.75) is 20.3 Å². The van der Waals surface area contributed by atoms with E-state index in [1.54, 1.807) is 6.07 Å². The quantitative estimate of drug-likeness (QED) is 0.271. The summed E-state index contributed by atoms with van der Waals surface area (Å²) in [5, 5.41) is 9.31. The van der Waals surface area contributed by atoms with Crippen LogP contribution in [0.15, 0.2) is 23.2 Å². The van der Waals surface area contributed by atoms with Crippen molar-refractivity contribution in [3.63, 3.8) is 0 Å². The second kappa shape index (κ2) is 12.0. The SMILES string of the molecule is C#CCNC(=NCCC(=O)Nc1ccc(C)cc1Cl)NCC.I. The Morgan fingerprint density at radius 1 is 1.39 bits per heavy atom. The molecule has 1 aromatic carbocycles. The number of aryl methyl sites for hydroxylation is 1. The highest BCUT2D eigenvalue weighted by Gasteiger charge is 2.06. The number of nitrogens with zero attached hydrogens (tertiary/aromatic N) is 1. The van der Waals surface area contributed by atoms with Gasteiger partial charge in [0, 0.05) is 13.0 Å². The average Bonchev–Trinajstić information content (AvgIpc) is 2.47. The van der Waals surface area contributed by atoms with Crippen LogP contribution < -0.4 is 16.0 Å². The van der Waals surface area contributed by atoms with Crippen LogP contribution in [0, 0.1) is 19.3 Å². The molecule has 0 aliphatic carbocycles. The molecule has 0 aromatic heterocycles. The number of benzene rings is 1. The number of guanidine groups is 1. The predicted octanol–water partition coefficient (Wildman–Crippen LogP) is 2.78. The normalized spacial score (nSPS) is 10.3. The number of carbonyl (C=O) groups excluding carboxylic acids is 1. The third-order valence-electron chi connectivity index (χ3n) is 2.71. The maximum atomic E-state index is 11.9. The summed E-state index contributed by atoms with van der Waals surface area (Å²) in [6.07, 6.45) is 5.45. The van der Waals surface area contributed by atoms with E-state index in [-0.39, 0.29) is 36.3 Å². The summed E-state index contributed by atoms with van der Waals surface area (Å²) in [7, 11) is 0. The molecule has 0 bridgehead atoms. The van der Waals surface area contributed by atoms with E-state index in [1.807, 2.05) is 26.0 Å². The van der Waals surface area contributed by atoms with Crippen molar-refractivity contribution in [2.24, 2.45) is 4.99 Å². The first-order valence-corrected chi connectivity index (χ1v) is 7.46. The van der Waals surface area contributed by atoms with E-state index in [0.29, 0.717) is 29.8 Å². The Bertz CT molecular complexity index is 584. The molecule has 3 N–H and O–H groups in total. The first-order valence-electron chi connectivity index (χ1n) is 7.08. The zero-order chi connectivity index (χ0) is 16.4. The largest absolute Gasteiger partial charge is 0.357 e. The zero-order valence-corrected chi connectivity index (χ0v) is 16.4. The Hall–Kier alpha value is -1.46. The van der Waals surface area contributed by atoms with Gasteiger partial charge < -0.3 is 16.0 Å². The van der Waals surface area contributed by atoms with E-state index >= 15 is 0 Å². The maximum absolute atomic E-state index is 11.9. The number of aliphatic imine (C=N–C) groups is 1. The van der Waals surface area contributed by atoms with Gasteiger partial charge in [-0.3, -0.25) is 9.79 Å². The lowest BCUT2D eigenvalue weighted by molar-refractivity contribution is -0.116. The van der Waals surface area contributed by atoms with E-state index in [9.17, 15) is 4.79 Å². The highest BCUT2D eigenvalue weighted by molar-refractivity contribution is 14.0. The Kier molecular flexibility index (Phi) is 11.3. The first kappa shape index (κ1) is 21.5. The summed E-state index contributed by atoms with van der Waals surface area (Å²) in [5.74, 6) is 2.94. The lowest BCUT2D eigenvalue weighted by atomic mass is 10.2. The molecule has 0 fully saturated rings. The van der Waals surface area contributed by atoms with Crippen LogP contribution >= 0.6 is 35.6 Å². The molecule has 7 heteroatoms. The molecule has 0 saturated carbocycles. The minimum Gasteiger partial charge on any atom is -0.357 e. The van der Waals surface area contributed by atoms with Crippen molar-refractivity contribution in [1.29, 1.82) is 0 Å². The summed E-state index contributed by atoms with van der Waals surface area (Å²) in [4.78, 5) is 16.2. The molecule has 0 heterocycles. The fourth-order valence-corrected chi connectivity index (χ4v) is 1.96. The van der Waals surface area contributed by atoms with Crippen molar-refractivity contribution in [2.75, 3.05) is 25.0 Å². The smallest absolute Gasteiger partial charge is 0.226 e. The molecule has 1 aromatic rings. The lowest BCUT2D eigenvalue weighted by Crippen LogP contribution is -2.37. The first-order chi connectivity index (χ1) is 10.6. The van der Waals surface area contributed by atoms with Gasteiger partial charge in [-0.05, 0) is 31.5 Å². The third kappa shape index (κ3) is 8.67. The molecule has 0 radical (unpaired) electrons. The van der Waals surface area contributed by atoms with Crippen LogP contribution in [0.2, 0.25) is 5.02 Å². The molecule has 0 atom stereocenters. The van der Waals surface area contributed by atoms with Gasteiger partial charge in [-0.15, -0.1) is 30.4 Å². The van der Waals surface area contributed by atoms with Gasteiger partial charge >= 0.3 is 0 Å². The van der Waals surface area contributed by atoms with E-state index in [2.05, 4.69) is 26.9 Å². The summed E-state index contributed by atoms with van der Waals surface area (Å²) >= 11 is 6.08. The van der Waals surface area contributed by atoms with Gasteiger partial charge in [0.2, 0.25) is 5.91 Å². The molecule has 1 amide bonds. The third-order valence-corrected chi connectivity index (χ3v) is 3.02. The number of rotatable bonds is 6. The van der Waals surface area contributed by atoms with Crippen molar-refractivity contribution in [3.05, 3.63) is 28.8 Å². The van der Waals surface area contributed by atoms with Crippen molar-refractivity contribution >= 4 is 53.1 Å². The van der Waals surface area contributed by atoms with Gasteiger partial charge in [0.15, 0.2) is 5.96 Å². The van der Waals surface area contributed by atoms with Crippen molar-refractivity contribution in [3.8, 4) is 12.3 Å². The highest BCUT2D eigenvalue weighted by atomic mass is 127. The van der Waals surface area contributed by atoms with Crippen LogP contribution in [0.4, 0.5) is 5.69 Å². The minimum atomic E-state index is -0.137. The van der Waals surface area contributed by atoms with E-state index < -0.39 is 0 Å². The van der Waals surface area contributed by atoms with Crippen LogP contribution in [-0.4, -0.2) is 31.5 Å². The highest BCUT2D eigenvalue weighted by Crippen LogP contribution is 2.22. The fraction of sp³-hybridized carbons (Fsp3) is 0.375. The summed E-state index contributed by atoms with van der Waals surface area (Å²) in [6.45, 7) is 5.37. The van der Waals surface area contributed by atoms with Crippen LogP contribution in [0.25, 0.3) is 0 Å². The molecule has 1 rings (SSSR count). The molecule has 5 nitrogen and oxygen atoms in total. The van der Waals surface area contributed by atoms with Gasteiger partial charge in [-0.2, -0.15) is 0 Å². The summed E-state index contributed by atoms with van der Waals surface area (Å²) in [6, 6.07) is 5.49. The molecule has 0 unspecified atom stereocenters. The van der Waals surface area contributed by atoms with Gasteiger partial charge in [0.1, 0.15) is 0 Å². The number of carbonyl (C=O) groups is 1. The number of hydrogen-bond acceptors (Lipinski definition) is 2. The second-order valence-corrected chi connectivity index (χ2v) is 5.01. The van der Waals surface area contributed by atoms with E-state index in [4.69, 9.17) is 18.0 Å². The zero-order valence-electron chi connectivity index (χ0n) is 13.3. The Morgan fingerprint density at radius 3 is 2.74 bits per heavy atom. The lowest BCUT2D eigenvalue weighted by Gasteiger charge is -2.09. The van der Waals surface area contributed by atoms with Crippen molar-refractivity contribution in [1.82, 2.24) is 10.6 Å². The van der Waals surface area contributed by atoms with Crippen LogP contribution in [0.5, 0.6) is 0 Å². The van der Waals surface area contributed by atoms with Crippen molar-refractivity contribution < 1.29 is 4.79 Å². The van der Waals surface area contributed by atoms with Gasteiger partial charge in [0.25, 0.3) is 0 Å². The standard InChI is InChI=1S/C16H21ClN4O.HI/c1-4-9-19-16(18-5-2)20-10-8-15(22)21-14-7-6-12(3)11-13(14)17;/h1,6-7,11H,5,8-10H2,2-3H3,(H,21,22)(H2,18,19,20);1H. The number of amides is 1. The molecule has 126 valence electrons. The maximum Gasteiger partial charge on any atom is 0.226 e. The summed E-state index contributed by atoms with van der Waals surface area (Å²) in [5.41, 5.74) is 1.65. The number of terminal acetylenes is 1. The second-order valence-electron chi connectivity index (χ2n) is 4.60. The van der Waals surface area contributed by atoms with Gasteiger partial charge in [-0.25, -0.2) is 0 Å². The Balaban J connectivity index is 0.00000484. The molecular weight excluding hydrogens is 427 g/mol. The molecular formula is C16H22ClIN4O. The molecule has 23 heavy (non-hydrogen) atoms. The van der Waals surface area contributed by atoms with E-state index in [1.165, 1.54) is 0 Å². The average molecular weight is 449 g/mol. The fourth-order valence-electron chi connectivity index (χ4n) is 1.68. The van der Waals surface area contributed by atoms with E-state index in [0.717, 1.165) is 12.1 Å². The topological polar surface area (TPSA) is 65.5 Å². The van der Waals surface area contributed by atoms with Gasteiger partial charge in [-0.1, -0.05) is 23.6 Å². The van der Waals surface area contributed by atoms with Crippen LogP contribution in [-0.2, 0) is 4.79 Å². The molecule has 0 aliphatic rings. The number of halogens is 2. The summed E-state index contributed by atoms with van der Waals surface area (Å²) < 4.78 is 0. The predicted molar refractivity (Wildman–Crippen MR) is 108 cm³/mol. The molecule has 0 spiro atoms. The minimum absolute atomic E-state index is 0. The van der Waals surface area contributed by atoms with Gasteiger partial charge in [0.05, 0.1) is 23.8 Å². The Morgan fingerprint density at radius 2 is 2.13 bits per heavy atom. The Labute approximate surface area is 159 Å². The number of hydrogen-bond donors (Lipinski definition) is 3.